The van der Waals surface area contributed by atoms with Crippen LogP contribution in [0.5, 0.6) is 0 Å². The minimum atomic E-state index is 0.638. The summed E-state index contributed by atoms with van der Waals surface area (Å²) in [6.07, 6.45) is 1.73. The first kappa shape index (κ1) is 15.1. The summed E-state index contributed by atoms with van der Waals surface area (Å²) in [5.41, 5.74) is 7.47. The van der Waals surface area contributed by atoms with Gasteiger partial charge in [0.05, 0.1) is 17.1 Å². The van der Waals surface area contributed by atoms with Gasteiger partial charge in [-0.1, -0.05) is 11.6 Å². The van der Waals surface area contributed by atoms with Crippen LogP contribution in [-0.2, 0) is 13.6 Å². The molecule has 22 heavy (non-hydrogen) atoms. The largest absolute Gasteiger partial charge is 0.335 e. The molecule has 0 saturated heterocycles. The van der Waals surface area contributed by atoms with Gasteiger partial charge in [-0.05, 0) is 56.9 Å². The van der Waals surface area contributed by atoms with Gasteiger partial charge in [0.25, 0.3) is 0 Å². The number of aryl methyl sites for hydroxylation is 3. The van der Waals surface area contributed by atoms with E-state index in [1.165, 1.54) is 27.8 Å². The van der Waals surface area contributed by atoms with Crippen LogP contribution in [-0.4, -0.2) is 19.3 Å². The Kier molecular flexibility index (Phi) is 3.52. The van der Waals surface area contributed by atoms with E-state index in [9.17, 15) is 0 Å². The van der Waals surface area contributed by atoms with Gasteiger partial charge in [0.15, 0.2) is 5.82 Å². The fraction of sp³-hybridized carbons (Fsp3) is 0.412. The fourth-order valence-electron chi connectivity index (χ4n) is 3.16. The van der Waals surface area contributed by atoms with Crippen molar-refractivity contribution in [2.75, 3.05) is 0 Å². The zero-order valence-corrected chi connectivity index (χ0v) is 14.7. The van der Waals surface area contributed by atoms with Crippen LogP contribution in [0.4, 0.5) is 0 Å². The van der Waals surface area contributed by atoms with Crippen molar-refractivity contribution in [3.05, 3.63) is 45.1 Å². The lowest BCUT2D eigenvalue weighted by Crippen LogP contribution is -2.06. The summed E-state index contributed by atoms with van der Waals surface area (Å²) in [7, 11) is 1.88. The van der Waals surface area contributed by atoms with Crippen molar-refractivity contribution < 1.29 is 0 Å². The van der Waals surface area contributed by atoms with Crippen molar-refractivity contribution in [2.45, 2.75) is 41.2 Å². The maximum atomic E-state index is 6.65. The lowest BCUT2D eigenvalue weighted by Gasteiger charge is -2.14. The van der Waals surface area contributed by atoms with Gasteiger partial charge in [-0.3, -0.25) is 4.68 Å². The summed E-state index contributed by atoms with van der Waals surface area (Å²) in [5, 5.41) is 6.40. The Hall–Kier alpha value is -1.81. The second-order valence-corrected chi connectivity index (χ2v) is 6.42. The maximum Gasteiger partial charge on any atom is 0.170 e. The Morgan fingerprint density at radius 2 is 1.64 bits per heavy atom. The highest BCUT2D eigenvalue weighted by Gasteiger charge is 2.20. The number of fused-ring (bicyclic) bond motifs is 1. The van der Waals surface area contributed by atoms with Gasteiger partial charge in [-0.2, -0.15) is 5.10 Å². The van der Waals surface area contributed by atoms with E-state index in [4.69, 9.17) is 11.6 Å². The van der Waals surface area contributed by atoms with E-state index in [1.807, 2.05) is 7.05 Å². The van der Waals surface area contributed by atoms with E-state index in [1.54, 1.807) is 11.0 Å². The van der Waals surface area contributed by atoms with Crippen molar-refractivity contribution in [1.82, 2.24) is 19.3 Å². The van der Waals surface area contributed by atoms with E-state index in [2.05, 4.69) is 49.3 Å². The molecule has 0 fully saturated rings. The molecule has 0 amide bonds. The first-order valence-corrected chi connectivity index (χ1v) is 7.79. The highest BCUT2D eigenvalue weighted by molar-refractivity contribution is 6.37. The number of hydrogen-bond donors (Lipinski definition) is 0. The van der Waals surface area contributed by atoms with E-state index in [0.717, 1.165) is 21.9 Å². The van der Waals surface area contributed by atoms with Gasteiger partial charge in [0.1, 0.15) is 6.33 Å². The fourth-order valence-corrected chi connectivity index (χ4v) is 3.49. The predicted molar refractivity (Wildman–Crippen MR) is 90.7 cm³/mol. The normalized spacial score (nSPS) is 11.6. The summed E-state index contributed by atoms with van der Waals surface area (Å²) >= 11 is 6.65. The molecule has 116 valence electrons. The maximum absolute atomic E-state index is 6.65. The third kappa shape index (κ3) is 2.05. The topological polar surface area (TPSA) is 35.6 Å². The lowest BCUT2D eigenvalue weighted by atomic mass is 9.95. The monoisotopic (exact) mass is 316 g/mol. The van der Waals surface area contributed by atoms with Gasteiger partial charge in [0.2, 0.25) is 0 Å². The summed E-state index contributed by atoms with van der Waals surface area (Å²) in [5.74, 6) is 0.800. The van der Waals surface area contributed by atoms with Crippen LogP contribution in [0.15, 0.2) is 6.33 Å². The van der Waals surface area contributed by atoms with Crippen LogP contribution in [0.3, 0.4) is 0 Å². The number of hydrogen-bond acceptors (Lipinski definition) is 2. The molecule has 0 N–H and O–H groups in total. The van der Waals surface area contributed by atoms with E-state index in [0.29, 0.717) is 6.54 Å². The van der Waals surface area contributed by atoms with Crippen molar-refractivity contribution in [1.29, 1.82) is 0 Å². The quantitative estimate of drug-likeness (QED) is 0.716. The molecule has 0 aliphatic rings. The Morgan fingerprint density at radius 1 is 1.00 bits per heavy atom. The summed E-state index contributed by atoms with van der Waals surface area (Å²) in [6.45, 7) is 11.4. The number of nitrogens with zero attached hydrogens (tertiary/aromatic N) is 4. The van der Waals surface area contributed by atoms with Gasteiger partial charge < -0.3 is 4.57 Å². The SMILES string of the molecule is Cc1c(C)c(C)c2c(c1C)c(Cl)c(C)n2Cc1ncn(C)n1. The highest BCUT2D eigenvalue weighted by Crippen LogP contribution is 2.38. The summed E-state index contributed by atoms with van der Waals surface area (Å²) in [4.78, 5) is 4.35. The van der Waals surface area contributed by atoms with Crippen molar-refractivity contribution in [3.63, 3.8) is 0 Å². The number of halogens is 1. The first-order chi connectivity index (χ1) is 10.3. The third-order valence-corrected chi connectivity index (χ3v) is 5.28. The number of rotatable bonds is 2. The second-order valence-electron chi connectivity index (χ2n) is 6.04. The van der Waals surface area contributed by atoms with Gasteiger partial charge in [-0.25, -0.2) is 4.98 Å². The lowest BCUT2D eigenvalue weighted by molar-refractivity contribution is 0.704. The standard InChI is InChI=1S/C17H21ClN4/c1-9-10(2)12(4)17-15(11(9)3)16(18)13(5)22(17)7-14-19-8-21(6)20-14/h8H,7H2,1-6H3. The second kappa shape index (κ2) is 5.13. The molecular formula is C17H21ClN4. The molecule has 0 saturated carbocycles. The Morgan fingerprint density at radius 3 is 2.23 bits per heavy atom. The van der Waals surface area contributed by atoms with Crippen molar-refractivity contribution in [2.24, 2.45) is 7.05 Å². The molecule has 1 aromatic carbocycles. The van der Waals surface area contributed by atoms with Crippen molar-refractivity contribution >= 4 is 22.5 Å². The minimum absolute atomic E-state index is 0.638. The average molecular weight is 317 g/mol. The zero-order chi connectivity index (χ0) is 16.2. The molecule has 4 nitrogen and oxygen atoms in total. The van der Waals surface area contributed by atoms with Gasteiger partial charge in [0, 0.05) is 18.1 Å². The van der Waals surface area contributed by atoms with Gasteiger partial charge >= 0.3 is 0 Å². The Bertz CT molecular complexity index is 886. The summed E-state index contributed by atoms with van der Waals surface area (Å²) in [6, 6.07) is 0. The summed E-state index contributed by atoms with van der Waals surface area (Å²) < 4.78 is 3.97. The molecule has 5 heteroatoms. The average Bonchev–Trinajstić information content (AvgIpc) is 2.99. The zero-order valence-electron chi connectivity index (χ0n) is 14.0. The van der Waals surface area contributed by atoms with E-state index >= 15 is 0 Å². The van der Waals surface area contributed by atoms with Crippen LogP contribution < -0.4 is 0 Å². The molecule has 0 radical (unpaired) electrons. The Balaban J connectivity index is 2.33. The third-order valence-electron chi connectivity index (χ3n) is 4.81. The molecular weight excluding hydrogens is 296 g/mol. The van der Waals surface area contributed by atoms with Crippen molar-refractivity contribution in [3.8, 4) is 0 Å². The minimum Gasteiger partial charge on any atom is -0.335 e. The van der Waals surface area contributed by atoms with Gasteiger partial charge in [-0.15, -0.1) is 0 Å². The predicted octanol–water partition coefficient (Wildman–Crippen LogP) is 4.01. The molecule has 0 bridgehead atoms. The first-order valence-electron chi connectivity index (χ1n) is 7.42. The molecule has 0 aliphatic carbocycles. The van der Waals surface area contributed by atoms with Crippen LogP contribution in [0, 0.1) is 34.6 Å². The number of benzene rings is 1. The number of aromatic nitrogens is 4. The van der Waals surface area contributed by atoms with Crippen LogP contribution in [0.25, 0.3) is 10.9 Å². The molecule has 0 aliphatic heterocycles. The van der Waals surface area contributed by atoms with E-state index < -0.39 is 0 Å². The molecule has 0 spiro atoms. The molecule has 0 unspecified atom stereocenters. The Labute approximate surface area is 135 Å². The highest BCUT2D eigenvalue weighted by atomic mass is 35.5. The molecule has 0 atom stereocenters. The molecule has 3 rings (SSSR count). The van der Waals surface area contributed by atoms with Crippen LogP contribution >= 0.6 is 11.6 Å². The molecule has 3 aromatic rings. The van der Waals surface area contributed by atoms with E-state index in [-0.39, 0.29) is 0 Å². The smallest absolute Gasteiger partial charge is 0.170 e. The molecule has 2 aromatic heterocycles. The van der Waals surface area contributed by atoms with Crippen LogP contribution in [0.1, 0.15) is 33.8 Å². The molecule has 2 heterocycles. The van der Waals surface area contributed by atoms with Crippen LogP contribution in [0.2, 0.25) is 5.02 Å².